The van der Waals surface area contributed by atoms with Gasteiger partial charge in [-0.3, -0.25) is 4.79 Å². The molecule has 2 aromatic rings. The van der Waals surface area contributed by atoms with E-state index in [1.165, 1.54) is 0 Å². The number of nitrogens with one attached hydrogen (secondary N) is 2. The van der Waals surface area contributed by atoms with Crippen LogP contribution in [-0.4, -0.2) is 36.1 Å². The molecule has 140 valence electrons. The standard InChI is InChI=1S/C20H28N4O2/c1-14(2)9-11-22-20-23-15(3)13-18(24-20)19(25)21-12-10-16-5-7-17(26-4)8-6-16/h5-8,13-14H,9-12H2,1-4H3,(H,21,25)(H,22,23,24). The van der Waals surface area contributed by atoms with E-state index in [-0.39, 0.29) is 5.91 Å². The van der Waals surface area contributed by atoms with Crippen LogP contribution in [0.1, 0.15) is 42.0 Å². The fourth-order valence-electron chi connectivity index (χ4n) is 2.44. The van der Waals surface area contributed by atoms with E-state index in [4.69, 9.17) is 4.74 Å². The summed E-state index contributed by atoms with van der Waals surface area (Å²) in [5.74, 6) is 1.75. The average molecular weight is 356 g/mol. The maximum Gasteiger partial charge on any atom is 0.270 e. The minimum Gasteiger partial charge on any atom is -0.497 e. The van der Waals surface area contributed by atoms with Gasteiger partial charge < -0.3 is 15.4 Å². The monoisotopic (exact) mass is 356 g/mol. The number of aryl methyl sites for hydroxylation is 1. The fraction of sp³-hybridized carbons (Fsp3) is 0.450. The van der Waals surface area contributed by atoms with Gasteiger partial charge in [0.2, 0.25) is 5.95 Å². The quantitative estimate of drug-likeness (QED) is 0.721. The zero-order valence-corrected chi connectivity index (χ0v) is 16.0. The highest BCUT2D eigenvalue weighted by Gasteiger charge is 2.10. The molecule has 0 saturated carbocycles. The third kappa shape index (κ3) is 6.35. The van der Waals surface area contributed by atoms with Crippen LogP contribution in [0.3, 0.4) is 0 Å². The molecule has 0 aliphatic rings. The second-order valence-corrected chi connectivity index (χ2v) is 6.68. The van der Waals surface area contributed by atoms with Crippen LogP contribution in [0, 0.1) is 12.8 Å². The van der Waals surface area contributed by atoms with Crippen molar-refractivity contribution < 1.29 is 9.53 Å². The molecular weight excluding hydrogens is 328 g/mol. The highest BCUT2D eigenvalue weighted by Crippen LogP contribution is 2.11. The zero-order chi connectivity index (χ0) is 18.9. The molecule has 6 heteroatoms. The molecule has 0 radical (unpaired) electrons. The second kappa shape index (κ2) is 9.75. The number of hydrogen-bond donors (Lipinski definition) is 2. The Balaban J connectivity index is 1.88. The molecule has 1 aromatic carbocycles. The number of carbonyl (C=O) groups excluding carboxylic acids is 1. The molecule has 0 fully saturated rings. The average Bonchev–Trinajstić information content (AvgIpc) is 2.61. The number of nitrogens with zero attached hydrogens (tertiary/aromatic N) is 2. The van der Waals surface area contributed by atoms with Crippen molar-refractivity contribution in [3.05, 3.63) is 47.3 Å². The first-order valence-corrected chi connectivity index (χ1v) is 8.98. The number of methoxy groups -OCH3 is 1. The summed E-state index contributed by atoms with van der Waals surface area (Å²) in [5.41, 5.74) is 2.30. The highest BCUT2D eigenvalue weighted by molar-refractivity contribution is 5.92. The third-order valence-corrected chi connectivity index (χ3v) is 3.95. The summed E-state index contributed by atoms with van der Waals surface area (Å²) < 4.78 is 5.14. The van der Waals surface area contributed by atoms with Crippen LogP contribution in [0.5, 0.6) is 5.75 Å². The smallest absolute Gasteiger partial charge is 0.270 e. The minimum absolute atomic E-state index is 0.184. The van der Waals surface area contributed by atoms with E-state index in [0.29, 0.717) is 24.1 Å². The Morgan fingerprint density at radius 3 is 2.54 bits per heavy atom. The van der Waals surface area contributed by atoms with Gasteiger partial charge in [0.1, 0.15) is 11.4 Å². The normalized spacial score (nSPS) is 10.7. The minimum atomic E-state index is -0.184. The number of anilines is 1. The Hall–Kier alpha value is -2.63. The van der Waals surface area contributed by atoms with Crippen LogP contribution in [0.4, 0.5) is 5.95 Å². The molecule has 1 heterocycles. The molecule has 0 aliphatic heterocycles. The van der Waals surface area contributed by atoms with Crippen LogP contribution in [-0.2, 0) is 6.42 Å². The molecular formula is C20H28N4O2. The van der Waals surface area contributed by atoms with Crippen LogP contribution < -0.4 is 15.4 Å². The maximum absolute atomic E-state index is 12.4. The molecule has 0 unspecified atom stereocenters. The number of carbonyl (C=O) groups is 1. The van der Waals surface area contributed by atoms with Crippen molar-refractivity contribution >= 4 is 11.9 Å². The Kier molecular flexibility index (Phi) is 7.38. The van der Waals surface area contributed by atoms with Crippen LogP contribution in [0.15, 0.2) is 30.3 Å². The molecule has 1 aromatic heterocycles. The van der Waals surface area contributed by atoms with Crippen LogP contribution >= 0.6 is 0 Å². The summed E-state index contributed by atoms with van der Waals surface area (Å²) in [6.07, 6.45) is 1.78. The number of rotatable bonds is 9. The van der Waals surface area contributed by atoms with E-state index in [9.17, 15) is 4.79 Å². The maximum atomic E-state index is 12.4. The topological polar surface area (TPSA) is 76.1 Å². The Morgan fingerprint density at radius 2 is 1.88 bits per heavy atom. The van der Waals surface area contributed by atoms with Gasteiger partial charge in [-0.2, -0.15) is 0 Å². The SMILES string of the molecule is COc1ccc(CCNC(=O)c2cc(C)nc(NCCC(C)C)n2)cc1. The van der Waals surface area contributed by atoms with E-state index in [0.717, 1.165) is 36.4 Å². The summed E-state index contributed by atoms with van der Waals surface area (Å²) in [7, 11) is 1.64. The van der Waals surface area contributed by atoms with Crippen molar-refractivity contribution in [2.24, 2.45) is 5.92 Å². The summed E-state index contributed by atoms with van der Waals surface area (Å²) >= 11 is 0. The van der Waals surface area contributed by atoms with E-state index in [2.05, 4.69) is 34.4 Å². The van der Waals surface area contributed by atoms with Gasteiger partial charge in [-0.1, -0.05) is 26.0 Å². The second-order valence-electron chi connectivity index (χ2n) is 6.68. The number of ether oxygens (including phenoxy) is 1. The Bertz CT molecular complexity index is 714. The molecule has 26 heavy (non-hydrogen) atoms. The Labute approximate surface area is 155 Å². The van der Waals surface area contributed by atoms with Gasteiger partial charge in [0.15, 0.2) is 0 Å². The van der Waals surface area contributed by atoms with E-state index < -0.39 is 0 Å². The molecule has 2 rings (SSSR count). The number of amides is 1. The molecule has 0 bridgehead atoms. The van der Waals surface area contributed by atoms with Gasteiger partial charge in [-0.15, -0.1) is 0 Å². The van der Waals surface area contributed by atoms with Gasteiger partial charge in [0.05, 0.1) is 7.11 Å². The van der Waals surface area contributed by atoms with Gasteiger partial charge in [0.25, 0.3) is 5.91 Å². The number of aromatic nitrogens is 2. The van der Waals surface area contributed by atoms with E-state index in [1.54, 1.807) is 13.2 Å². The van der Waals surface area contributed by atoms with Crippen molar-refractivity contribution in [1.82, 2.24) is 15.3 Å². The van der Waals surface area contributed by atoms with Crippen molar-refractivity contribution in [1.29, 1.82) is 0 Å². The predicted molar refractivity (Wildman–Crippen MR) is 104 cm³/mol. The van der Waals surface area contributed by atoms with Crippen molar-refractivity contribution in [2.75, 3.05) is 25.5 Å². The van der Waals surface area contributed by atoms with Gasteiger partial charge in [-0.25, -0.2) is 9.97 Å². The molecule has 6 nitrogen and oxygen atoms in total. The molecule has 0 atom stereocenters. The highest BCUT2D eigenvalue weighted by atomic mass is 16.5. The first-order valence-electron chi connectivity index (χ1n) is 8.98. The first kappa shape index (κ1) is 19.7. The number of benzene rings is 1. The summed E-state index contributed by atoms with van der Waals surface area (Å²) in [5, 5.41) is 6.11. The molecule has 0 spiro atoms. The molecule has 0 aliphatic carbocycles. The van der Waals surface area contributed by atoms with Crippen LogP contribution in [0.2, 0.25) is 0 Å². The lowest BCUT2D eigenvalue weighted by Crippen LogP contribution is -2.27. The third-order valence-electron chi connectivity index (χ3n) is 3.95. The molecule has 1 amide bonds. The predicted octanol–water partition coefficient (Wildman–Crippen LogP) is 3.22. The molecule has 0 saturated heterocycles. The lowest BCUT2D eigenvalue weighted by Gasteiger charge is -2.10. The molecule has 2 N–H and O–H groups in total. The summed E-state index contributed by atoms with van der Waals surface area (Å²) in [6.45, 7) is 7.54. The van der Waals surface area contributed by atoms with Gasteiger partial charge >= 0.3 is 0 Å². The fourth-order valence-corrected chi connectivity index (χ4v) is 2.44. The largest absolute Gasteiger partial charge is 0.497 e. The van der Waals surface area contributed by atoms with Crippen molar-refractivity contribution in [2.45, 2.75) is 33.6 Å². The number of hydrogen-bond acceptors (Lipinski definition) is 5. The lowest BCUT2D eigenvalue weighted by molar-refractivity contribution is 0.0949. The zero-order valence-electron chi connectivity index (χ0n) is 16.0. The summed E-state index contributed by atoms with van der Waals surface area (Å²) in [6, 6.07) is 9.53. The van der Waals surface area contributed by atoms with Gasteiger partial charge in [0, 0.05) is 18.8 Å². The van der Waals surface area contributed by atoms with Crippen molar-refractivity contribution in [3.8, 4) is 5.75 Å². The van der Waals surface area contributed by atoms with E-state index >= 15 is 0 Å². The lowest BCUT2D eigenvalue weighted by atomic mass is 10.1. The Morgan fingerprint density at radius 1 is 1.15 bits per heavy atom. The van der Waals surface area contributed by atoms with E-state index in [1.807, 2.05) is 31.2 Å². The van der Waals surface area contributed by atoms with Crippen molar-refractivity contribution in [3.63, 3.8) is 0 Å². The first-order chi connectivity index (χ1) is 12.5. The summed E-state index contributed by atoms with van der Waals surface area (Å²) in [4.78, 5) is 21.0. The van der Waals surface area contributed by atoms with Crippen LogP contribution in [0.25, 0.3) is 0 Å². The van der Waals surface area contributed by atoms with Gasteiger partial charge in [-0.05, 0) is 49.4 Å².